The van der Waals surface area contributed by atoms with Gasteiger partial charge < -0.3 is 9.13 Å². The van der Waals surface area contributed by atoms with Crippen LogP contribution in [0.15, 0.2) is 71.6 Å². The highest BCUT2D eigenvalue weighted by molar-refractivity contribution is 7.07. The normalized spacial score (nSPS) is 11.9. The van der Waals surface area contributed by atoms with E-state index in [4.69, 9.17) is 4.99 Å². The number of hydrogen-bond donors (Lipinski definition) is 0. The lowest BCUT2D eigenvalue weighted by Gasteiger charge is -2.11. The minimum atomic E-state index is 0.911. The van der Waals surface area contributed by atoms with Crippen molar-refractivity contribution in [1.82, 2.24) is 14.1 Å². The van der Waals surface area contributed by atoms with Crippen molar-refractivity contribution >= 4 is 17.0 Å². The van der Waals surface area contributed by atoms with E-state index < -0.39 is 0 Å². The third-order valence-corrected chi connectivity index (χ3v) is 6.15. The van der Waals surface area contributed by atoms with Crippen LogP contribution >= 0.6 is 11.3 Å². The van der Waals surface area contributed by atoms with Gasteiger partial charge in [0.2, 0.25) is 0 Å². The summed E-state index contributed by atoms with van der Waals surface area (Å²) in [6.07, 6.45) is 6.74. The van der Waals surface area contributed by atoms with Gasteiger partial charge in [-0.3, -0.25) is 0 Å². The zero-order valence-corrected chi connectivity index (χ0v) is 18.0. The largest absolute Gasteiger partial charge is 0.337 e. The molecule has 0 bridgehead atoms. The zero-order chi connectivity index (χ0) is 20.2. The summed E-state index contributed by atoms with van der Waals surface area (Å²) in [5.41, 5.74) is 7.34. The van der Waals surface area contributed by atoms with Crippen LogP contribution in [0.4, 0.5) is 5.69 Å². The smallest absolute Gasteiger partial charge is 0.190 e. The van der Waals surface area contributed by atoms with E-state index >= 15 is 0 Å². The first kappa shape index (κ1) is 19.4. The number of rotatable bonds is 6. The molecule has 2 aromatic carbocycles. The molecule has 4 nitrogen and oxygen atoms in total. The van der Waals surface area contributed by atoms with Crippen LogP contribution in [0.1, 0.15) is 23.1 Å². The van der Waals surface area contributed by atoms with Gasteiger partial charge in [-0.25, -0.2) is 9.98 Å². The quantitative estimate of drug-likeness (QED) is 0.410. The van der Waals surface area contributed by atoms with Gasteiger partial charge in [0.1, 0.15) is 0 Å². The maximum Gasteiger partial charge on any atom is 0.190 e. The summed E-state index contributed by atoms with van der Waals surface area (Å²) in [4.78, 5) is 10.2. The van der Waals surface area contributed by atoms with E-state index in [9.17, 15) is 0 Å². The van der Waals surface area contributed by atoms with Crippen molar-refractivity contribution in [3.8, 4) is 11.3 Å². The Kier molecular flexibility index (Phi) is 5.76. The molecule has 0 aliphatic heterocycles. The molecule has 0 radical (unpaired) electrons. The number of thiazole rings is 1. The predicted molar refractivity (Wildman–Crippen MR) is 120 cm³/mol. The Morgan fingerprint density at radius 1 is 0.966 bits per heavy atom. The third-order valence-electron chi connectivity index (χ3n) is 5.29. The predicted octanol–water partition coefficient (Wildman–Crippen LogP) is 5.66. The second-order valence-electron chi connectivity index (χ2n) is 7.41. The molecular weight excluding hydrogens is 376 g/mol. The molecule has 0 amide bonds. The molecule has 2 aromatic heterocycles. The Balaban J connectivity index is 1.73. The molecule has 0 spiro atoms. The summed E-state index contributed by atoms with van der Waals surface area (Å²) in [5, 5.41) is 2.23. The molecule has 0 saturated heterocycles. The van der Waals surface area contributed by atoms with Gasteiger partial charge in [0.15, 0.2) is 4.80 Å². The molecule has 5 heteroatoms. The minimum absolute atomic E-state index is 0.911. The van der Waals surface area contributed by atoms with E-state index in [0.717, 1.165) is 30.0 Å². The lowest BCUT2D eigenvalue weighted by molar-refractivity contribution is 0.559. The number of benzene rings is 2. The number of para-hydroxylation sites is 1. The molecule has 0 fully saturated rings. The van der Waals surface area contributed by atoms with Gasteiger partial charge in [-0.2, -0.15) is 0 Å². The van der Waals surface area contributed by atoms with Crippen LogP contribution in [0, 0.1) is 20.8 Å². The average molecular weight is 403 g/mol. The van der Waals surface area contributed by atoms with Gasteiger partial charge >= 0.3 is 0 Å². The second-order valence-corrected chi connectivity index (χ2v) is 8.24. The molecule has 4 aromatic rings. The fraction of sp³-hybridized carbons (Fsp3) is 0.250. The molecular formula is C24H26N4S. The molecule has 29 heavy (non-hydrogen) atoms. The summed E-state index contributed by atoms with van der Waals surface area (Å²) in [5.74, 6) is 0. The summed E-state index contributed by atoms with van der Waals surface area (Å²) in [7, 11) is 0. The van der Waals surface area contributed by atoms with Crippen LogP contribution < -0.4 is 4.80 Å². The van der Waals surface area contributed by atoms with E-state index in [1.54, 1.807) is 11.3 Å². The van der Waals surface area contributed by atoms with Gasteiger partial charge in [-0.15, -0.1) is 11.3 Å². The van der Waals surface area contributed by atoms with Crippen molar-refractivity contribution in [2.24, 2.45) is 4.99 Å². The summed E-state index contributed by atoms with van der Waals surface area (Å²) in [6, 6.07) is 15.0. The molecule has 0 unspecified atom stereocenters. The SMILES string of the molecule is Cc1ccc(-c2csc(=Nc3ccccc3C)n2CCCn2ccnc2)cc1C. The highest BCUT2D eigenvalue weighted by Gasteiger charge is 2.10. The summed E-state index contributed by atoms with van der Waals surface area (Å²) >= 11 is 1.71. The highest BCUT2D eigenvalue weighted by Crippen LogP contribution is 2.24. The number of aromatic nitrogens is 3. The molecule has 0 aliphatic carbocycles. The first-order valence-corrected chi connectivity index (χ1v) is 10.8. The topological polar surface area (TPSA) is 35.1 Å². The Morgan fingerprint density at radius 3 is 2.59 bits per heavy atom. The van der Waals surface area contributed by atoms with E-state index in [1.807, 2.05) is 24.8 Å². The summed E-state index contributed by atoms with van der Waals surface area (Å²) < 4.78 is 4.49. The van der Waals surface area contributed by atoms with E-state index in [2.05, 4.69) is 76.7 Å². The lowest BCUT2D eigenvalue weighted by Crippen LogP contribution is -2.17. The number of imidazole rings is 1. The number of nitrogens with zero attached hydrogens (tertiary/aromatic N) is 4. The first-order chi connectivity index (χ1) is 14.1. The standard InChI is InChI=1S/C24H26N4S/c1-18-9-10-21(15-20(18)3)23-16-29-24(26-22-8-5-4-7-19(22)2)28(23)13-6-12-27-14-11-25-17-27/h4-5,7-11,14-17H,6,12-13H2,1-3H3. The van der Waals surface area contributed by atoms with E-state index in [1.165, 1.54) is 27.9 Å². The maximum atomic E-state index is 5.00. The highest BCUT2D eigenvalue weighted by atomic mass is 32.1. The van der Waals surface area contributed by atoms with Crippen molar-refractivity contribution in [2.75, 3.05) is 0 Å². The van der Waals surface area contributed by atoms with Crippen LogP contribution in [-0.4, -0.2) is 14.1 Å². The zero-order valence-electron chi connectivity index (χ0n) is 17.2. The molecule has 2 heterocycles. The number of hydrogen-bond acceptors (Lipinski definition) is 3. The fourth-order valence-electron chi connectivity index (χ4n) is 3.39. The molecule has 0 atom stereocenters. The second kappa shape index (κ2) is 8.62. The molecule has 148 valence electrons. The average Bonchev–Trinajstić information content (AvgIpc) is 3.36. The van der Waals surface area contributed by atoms with Gasteiger partial charge in [0, 0.05) is 30.9 Å². The van der Waals surface area contributed by atoms with Crippen LogP contribution in [-0.2, 0) is 13.1 Å². The Labute approximate surface area is 175 Å². The minimum Gasteiger partial charge on any atom is -0.337 e. The van der Waals surface area contributed by atoms with E-state index in [0.29, 0.717) is 0 Å². The van der Waals surface area contributed by atoms with Crippen molar-refractivity contribution < 1.29 is 0 Å². The number of aryl methyl sites for hydroxylation is 4. The molecule has 4 rings (SSSR count). The molecule has 0 saturated carbocycles. The van der Waals surface area contributed by atoms with Crippen molar-refractivity contribution in [2.45, 2.75) is 40.3 Å². The van der Waals surface area contributed by atoms with E-state index in [-0.39, 0.29) is 0 Å². The van der Waals surface area contributed by atoms with Crippen LogP contribution in [0.5, 0.6) is 0 Å². The van der Waals surface area contributed by atoms with Gasteiger partial charge in [0.05, 0.1) is 17.7 Å². The van der Waals surface area contributed by atoms with Crippen molar-refractivity contribution in [1.29, 1.82) is 0 Å². The van der Waals surface area contributed by atoms with Gasteiger partial charge in [0.25, 0.3) is 0 Å². The van der Waals surface area contributed by atoms with Crippen molar-refractivity contribution in [3.63, 3.8) is 0 Å². The Hall–Kier alpha value is -2.92. The monoisotopic (exact) mass is 402 g/mol. The van der Waals surface area contributed by atoms with Crippen LogP contribution in [0.2, 0.25) is 0 Å². The van der Waals surface area contributed by atoms with Gasteiger partial charge in [-0.05, 0) is 61.6 Å². The Morgan fingerprint density at radius 2 is 1.83 bits per heavy atom. The summed E-state index contributed by atoms with van der Waals surface area (Å²) in [6.45, 7) is 8.30. The van der Waals surface area contributed by atoms with Gasteiger partial charge in [-0.1, -0.05) is 30.3 Å². The lowest BCUT2D eigenvalue weighted by atomic mass is 10.0. The van der Waals surface area contributed by atoms with Crippen LogP contribution in [0.3, 0.4) is 0 Å². The van der Waals surface area contributed by atoms with Crippen molar-refractivity contribution in [3.05, 3.63) is 88.1 Å². The Bertz CT molecular complexity index is 1170. The maximum absolute atomic E-state index is 5.00. The molecule has 0 N–H and O–H groups in total. The third kappa shape index (κ3) is 4.40. The fourth-order valence-corrected chi connectivity index (χ4v) is 4.34. The first-order valence-electron chi connectivity index (χ1n) is 9.94. The van der Waals surface area contributed by atoms with Crippen LogP contribution in [0.25, 0.3) is 11.3 Å². The molecule has 0 aliphatic rings.